The summed E-state index contributed by atoms with van der Waals surface area (Å²) >= 11 is 6.40. The maximum atomic E-state index is 13.1. The Hall–Kier alpha value is -1.10. The number of carbonyl (C=O) groups excluding carboxylic acids is 1. The molecule has 5 heteroatoms. The lowest BCUT2D eigenvalue weighted by molar-refractivity contribution is -0.131. The molecule has 4 nitrogen and oxygen atoms in total. The molecule has 0 bridgehead atoms. The van der Waals surface area contributed by atoms with Gasteiger partial charge in [0.1, 0.15) is 0 Å². The Morgan fingerprint density at radius 3 is 2.61 bits per heavy atom. The summed E-state index contributed by atoms with van der Waals surface area (Å²) in [7, 11) is 4.08. The molecule has 2 rings (SSSR count). The summed E-state index contributed by atoms with van der Waals surface area (Å²) in [5, 5.41) is 3.85. The molecule has 0 radical (unpaired) electrons. The first kappa shape index (κ1) is 18.2. The van der Waals surface area contributed by atoms with E-state index in [0.717, 1.165) is 18.5 Å². The van der Waals surface area contributed by atoms with Crippen molar-refractivity contribution >= 4 is 17.5 Å². The van der Waals surface area contributed by atoms with Crippen molar-refractivity contribution in [1.82, 2.24) is 10.2 Å². The molecule has 1 atom stereocenters. The molecule has 0 spiro atoms. The number of halogens is 1. The molecule has 1 fully saturated rings. The quantitative estimate of drug-likeness (QED) is 0.867. The molecule has 1 heterocycles. The van der Waals surface area contributed by atoms with Crippen LogP contribution in [0.5, 0.6) is 0 Å². The number of amides is 1. The van der Waals surface area contributed by atoms with E-state index in [4.69, 9.17) is 16.3 Å². The second-order valence-electron chi connectivity index (χ2n) is 6.64. The Balaban J connectivity index is 2.18. The van der Waals surface area contributed by atoms with Crippen LogP contribution >= 0.6 is 11.6 Å². The smallest absolute Gasteiger partial charge is 0.231 e. The van der Waals surface area contributed by atoms with Crippen molar-refractivity contribution in [3.63, 3.8) is 0 Å². The summed E-state index contributed by atoms with van der Waals surface area (Å²) in [4.78, 5) is 15.2. The highest BCUT2D eigenvalue weighted by Crippen LogP contribution is 2.39. The Morgan fingerprint density at radius 2 is 2.00 bits per heavy atom. The first-order valence-corrected chi connectivity index (χ1v) is 8.62. The summed E-state index contributed by atoms with van der Waals surface area (Å²) in [6.07, 6.45) is 2.26. The molecule has 23 heavy (non-hydrogen) atoms. The lowest BCUT2D eigenvalue weighted by Crippen LogP contribution is -2.50. The molecule has 1 aromatic carbocycles. The summed E-state index contributed by atoms with van der Waals surface area (Å²) in [6, 6.07) is 7.80. The first-order valence-electron chi connectivity index (χ1n) is 8.24. The van der Waals surface area contributed by atoms with Crippen molar-refractivity contribution in [2.75, 3.05) is 33.9 Å². The second kappa shape index (κ2) is 8.13. The van der Waals surface area contributed by atoms with Gasteiger partial charge in [0.25, 0.3) is 0 Å². The van der Waals surface area contributed by atoms with E-state index in [1.54, 1.807) is 0 Å². The third-order valence-corrected chi connectivity index (χ3v) is 4.89. The Labute approximate surface area is 144 Å². The van der Waals surface area contributed by atoms with Gasteiger partial charge in [-0.05, 0) is 58.5 Å². The SMILES string of the molecule is CC(CCN(C)C)NC(=O)C1(c2ccccc2Cl)CCOCC1. The Bertz CT molecular complexity index is 528. The number of benzene rings is 1. The highest BCUT2D eigenvalue weighted by atomic mass is 35.5. The molecule has 1 aliphatic heterocycles. The first-order chi connectivity index (χ1) is 11.0. The third kappa shape index (κ3) is 4.46. The van der Waals surface area contributed by atoms with Gasteiger partial charge in [0.15, 0.2) is 0 Å². The highest BCUT2D eigenvalue weighted by molar-refractivity contribution is 6.31. The number of rotatable bonds is 6. The van der Waals surface area contributed by atoms with Crippen molar-refractivity contribution in [1.29, 1.82) is 0 Å². The van der Waals surface area contributed by atoms with E-state index in [1.807, 2.05) is 38.4 Å². The van der Waals surface area contributed by atoms with Gasteiger partial charge in [0, 0.05) is 24.3 Å². The number of hydrogen-bond donors (Lipinski definition) is 1. The number of ether oxygens (including phenoxy) is 1. The molecular weight excluding hydrogens is 312 g/mol. The zero-order valence-electron chi connectivity index (χ0n) is 14.3. The Kier molecular flexibility index (Phi) is 6.45. The normalized spacial score (nSPS) is 18.7. The molecule has 1 amide bonds. The van der Waals surface area contributed by atoms with Crippen LogP contribution in [0.1, 0.15) is 31.7 Å². The molecule has 1 N–H and O–H groups in total. The van der Waals surface area contributed by atoms with Crippen LogP contribution in [-0.2, 0) is 14.9 Å². The maximum Gasteiger partial charge on any atom is 0.231 e. The van der Waals surface area contributed by atoms with E-state index < -0.39 is 5.41 Å². The number of carbonyl (C=O) groups is 1. The van der Waals surface area contributed by atoms with Gasteiger partial charge < -0.3 is 15.0 Å². The molecule has 128 valence electrons. The Morgan fingerprint density at radius 1 is 1.35 bits per heavy atom. The minimum Gasteiger partial charge on any atom is -0.381 e. The maximum absolute atomic E-state index is 13.1. The molecular formula is C18H27ClN2O2. The van der Waals surface area contributed by atoms with Crippen LogP contribution in [0, 0.1) is 0 Å². The molecule has 0 aliphatic carbocycles. The molecule has 1 unspecified atom stereocenters. The summed E-state index contributed by atoms with van der Waals surface area (Å²) in [5.74, 6) is 0.0696. The fourth-order valence-corrected chi connectivity index (χ4v) is 3.39. The molecule has 0 aromatic heterocycles. The van der Waals surface area contributed by atoms with E-state index in [-0.39, 0.29) is 11.9 Å². The van der Waals surface area contributed by atoms with Gasteiger partial charge in [-0.3, -0.25) is 4.79 Å². The van der Waals surface area contributed by atoms with Gasteiger partial charge in [-0.25, -0.2) is 0 Å². The van der Waals surface area contributed by atoms with E-state index in [1.165, 1.54) is 0 Å². The standard InChI is InChI=1S/C18H27ClN2O2/c1-14(8-11-21(2)3)20-17(22)18(9-12-23-13-10-18)15-6-4-5-7-16(15)19/h4-7,14H,8-13H2,1-3H3,(H,20,22). The van der Waals surface area contributed by atoms with Crippen LogP contribution in [0.25, 0.3) is 0 Å². The van der Waals surface area contributed by atoms with Crippen molar-refractivity contribution in [2.45, 2.75) is 37.6 Å². The zero-order valence-corrected chi connectivity index (χ0v) is 15.0. The van der Waals surface area contributed by atoms with Crippen molar-refractivity contribution < 1.29 is 9.53 Å². The summed E-state index contributed by atoms with van der Waals surface area (Å²) < 4.78 is 5.49. The fourth-order valence-electron chi connectivity index (χ4n) is 3.07. The topological polar surface area (TPSA) is 41.6 Å². The van der Waals surface area contributed by atoms with Crippen molar-refractivity contribution in [3.8, 4) is 0 Å². The largest absolute Gasteiger partial charge is 0.381 e. The van der Waals surface area contributed by atoms with Gasteiger partial charge in [0.05, 0.1) is 5.41 Å². The van der Waals surface area contributed by atoms with Crippen molar-refractivity contribution in [3.05, 3.63) is 34.9 Å². The molecule has 1 aromatic rings. The van der Waals surface area contributed by atoms with Crippen LogP contribution in [0.2, 0.25) is 5.02 Å². The summed E-state index contributed by atoms with van der Waals surface area (Å²) in [5.41, 5.74) is 0.338. The number of nitrogens with zero attached hydrogens (tertiary/aromatic N) is 1. The van der Waals surface area contributed by atoms with E-state index in [2.05, 4.69) is 17.1 Å². The van der Waals surface area contributed by atoms with Crippen LogP contribution in [0.4, 0.5) is 0 Å². The van der Waals surface area contributed by atoms with Crippen LogP contribution in [0.15, 0.2) is 24.3 Å². The van der Waals surface area contributed by atoms with Crippen LogP contribution < -0.4 is 5.32 Å². The van der Waals surface area contributed by atoms with Crippen LogP contribution in [-0.4, -0.2) is 50.7 Å². The van der Waals surface area contributed by atoms with Gasteiger partial charge in [-0.15, -0.1) is 0 Å². The zero-order chi connectivity index (χ0) is 16.9. The predicted octanol–water partition coefficient (Wildman–Crippen LogP) is 2.84. The van der Waals surface area contributed by atoms with Gasteiger partial charge in [0.2, 0.25) is 5.91 Å². The number of hydrogen-bond acceptors (Lipinski definition) is 3. The van der Waals surface area contributed by atoms with Gasteiger partial charge in [-0.2, -0.15) is 0 Å². The predicted molar refractivity (Wildman–Crippen MR) is 94.0 cm³/mol. The highest BCUT2D eigenvalue weighted by Gasteiger charge is 2.43. The average molecular weight is 339 g/mol. The molecule has 0 saturated carbocycles. The lowest BCUT2D eigenvalue weighted by Gasteiger charge is -2.37. The fraction of sp³-hybridized carbons (Fsp3) is 0.611. The monoisotopic (exact) mass is 338 g/mol. The minimum absolute atomic E-state index is 0.0696. The third-order valence-electron chi connectivity index (χ3n) is 4.56. The lowest BCUT2D eigenvalue weighted by atomic mass is 9.73. The van der Waals surface area contributed by atoms with Crippen molar-refractivity contribution in [2.24, 2.45) is 0 Å². The summed E-state index contributed by atoms with van der Waals surface area (Å²) in [6.45, 7) is 4.18. The second-order valence-corrected chi connectivity index (χ2v) is 7.05. The minimum atomic E-state index is -0.580. The van der Waals surface area contributed by atoms with E-state index in [0.29, 0.717) is 31.1 Å². The number of nitrogens with one attached hydrogen (secondary N) is 1. The van der Waals surface area contributed by atoms with E-state index >= 15 is 0 Å². The average Bonchev–Trinajstić information content (AvgIpc) is 2.54. The molecule has 1 aliphatic rings. The van der Waals surface area contributed by atoms with E-state index in [9.17, 15) is 4.79 Å². The molecule has 1 saturated heterocycles. The van der Waals surface area contributed by atoms with Crippen LogP contribution in [0.3, 0.4) is 0 Å². The van der Waals surface area contributed by atoms with Gasteiger partial charge in [-0.1, -0.05) is 29.8 Å². The van der Waals surface area contributed by atoms with Gasteiger partial charge >= 0.3 is 0 Å².